The first-order valence-electron chi connectivity index (χ1n) is 14.0. The van der Waals surface area contributed by atoms with E-state index in [2.05, 4.69) is 108 Å². The fourth-order valence-corrected chi connectivity index (χ4v) is 6.62. The molecule has 9 rings (SSSR count). The molecule has 0 saturated heterocycles. The fraction of sp³-hybridized carbons (Fsp3) is 0.0541. The van der Waals surface area contributed by atoms with E-state index in [9.17, 15) is 0 Å². The summed E-state index contributed by atoms with van der Waals surface area (Å²) < 4.78 is 13.0. The van der Waals surface area contributed by atoms with Crippen LogP contribution in [-0.4, -0.2) is 5.90 Å². The maximum Gasteiger partial charge on any atom is 0.217 e. The first-order valence-corrected chi connectivity index (χ1v) is 14.0. The van der Waals surface area contributed by atoms with Crippen molar-refractivity contribution in [1.82, 2.24) is 0 Å². The van der Waals surface area contributed by atoms with Crippen LogP contribution in [0.15, 0.2) is 143 Å². The number of hydrogen-bond acceptors (Lipinski definition) is 4. The quantitative estimate of drug-likeness (QED) is 0.228. The van der Waals surface area contributed by atoms with Gasteiger partial charge in [0, 0.05) is 33.0 Å². The average Bonchev–Trinajstić information content (AvgIpc) is 3.72. The van der Waals surface area contributed by atoms with E-state index in [4.69, 9.17) is 14.1 Å². The standard InChI is InChI=1S/C37H24N2O2/c1-3-11-23(12-4-1)37-38-34-28-18-9-17-27-30(22-21-29(33(27)28)36(34)41-37)39(24-13-5-2-6-14-24)31-19-10-16-26-25-15-7-8-20-32(25)40-35(26)31/h1-22,34,36H. The van der Waals surface area contributed by atoms with Gasteiger partial charge >= 0.3 is 0 Å². The van der Waals surface area contributed by atoms with Gasteiger partial charge in [-0.3, -0.25) is 0 Å². The molecule has 1 aromatic heterocycles. The summed E-state index contributed by atoms with van der Waals surface area (Å²) in [6.45, 7) is 0. The molecular formula is C37H24N2O2. The highest BCUT2D eigenvalue weighted by Gasteiger charge is 2.42. The molecule has 0 spiro atoms. The van der Waals surface area contributed by atoms with E-state index in [1.165, 1.54) is 21.9 Å². The van der Waals surface area contributed by atoms with Gasteiger partial charge in [0.1, 0.15) is 11.6 Å². The smallest absolute Gasteiger partial charge is 0.217 e. The molecule has 0 fully saturated rings. The van der Waals surface area contributed by atoms with Crippen molar-refractivity contribution in [2.45, 2.75) is 12.1 Å². The van der Waals surface area contributed by atoms with Gasteiger partial charge in [-0.1, -0.05) is 91.0 Å². The summed E-state index contributed by atoms with van der Waals surface area (Å²) >= 11 is 0. The predicted molar refractivity (Wildman–Crippen MR) is 165 cm³/mol. The van der Waals surface area contributed by atoms with Crippen LogP contribution in [0.2, 0.25) is 0 Å². The Labute approximate surface area is 236 Å². The topological polar surface area (TPSA) is 38.0 Å². The van der Waals surface area contributed by atoms with Crippen LogP contribution in [0.3, 0.4) is 0 Å². The molecule has 2 aliphatic rings. The number of benzene rings is 6. The summed E-state index contributed by atoms with van der Waals surface area (Å²) in [7, 11) is 0. The highest BCUT2D eigenvalue weighted by molar-refractivity contribution is 6.12. The Kier molecular flexibility index (Phi) is 4.70. The van der Waals surface area contributed by atoms with Crippen molar-refractivity contribution in [3.8, 4) is 0 Å². The van der Waals surface area contributed by atoms with Gasteiger partial charge in [-0.05, 0) is 53.4 Å². The van der Waals surface area contributed by atoms with Crippen LogP contribution in [0.5, 0.6) is 0 Å². The largest absolute Gasteiger partial charge is 0.467 e. The Bertz CT molecular complexity index is 2150. The number of ether oxygens (including phenoxy) is 1. The molecule has 2 atom stereocenters. The van der Waals surface area contributed by atoms with Gasteiger partial charge in [0.05, 0.1) is 11.4 Å². The summed E-state index contributed by atoms with van der Waals surface area (Å²) in [6, 6.07) is 46.3. The van der Waals surface area contributed by atoms with Gasteiger partial charge in [-0.15, -0.1) is 0 Å². The summed E-state index contributed by atoms with van der Waals surface area (Å²) in [5.41, 5.74) is 8.35. The Balaban J connectivity index is 1.27. The van der Waals surface area contributed by atoms with Crippen LogP contribution in [0.4, 0.5) is 17.1 Å². The van der Waals surface area contributed by atoms with Crippen LogP contribution < -0.4 is 4.90 Å². The zero-order valence-electron chi connectivity index (χ0n) is 22.1. The number of furan rings is 1. The molecule has 0 bridgehead atoms. The second-order valence-corrected chi connectivity index (χ2v) is 10.7. The van der Waals surface area contributed by atoms with E-state index in [1.807, 2.05) is 30.3 Å². The lowest BCUT2D eigenvalue weighted by atomic mass is 10.0. The number of para-hydroxylation sites is 3. The van der Waals surface area contributed by atoms with Crippen LogP contribution in [0.1, 0.15) is 28.8 Å². The van der Waals surface area contributed by atoms with E-state index in [0.717, 1.165) is 50.5 Å². The minimum Gasteiger partial charge on any atom is -0.467 e. The molecule has 0 radical (unpaired) electrons. The van der Waals surface area contributed by atoms with E-state index in [-0.39, 0.29) is 12.1 Å². The first-order chi connectivity index (χ1) is 20.3. The average molecular weight is 529 g/mol. The SMILES string of the molecule is c1ccc(C2=NC3c4cccc5c(N(c6ccccc6)c6cccc7c6oc6ccccc67)ccc(c45)C3O2)cc1. The molecule has 0 amide bonds. The number of anilines is 3. The summed E-state index contributed by atoms with van der Waals surface area (Å²) in [6.07, 6.45) is -0.122. The Morgan fingerprint density at radius 3 is 2.17 bits per heavy atom. The molecule has 4 heteroatoms. The molecule has 194 valence electrons. The van der Waals surface area contributed by atoms with Crippen molar-refractivity contribution in [2.75, 3.05) is 4.90 Å². The lowest BCUT2D eigenvalue weighted by molar-refractivity contribution is 0.205. The van der Waals surface area contributed by atoms with Crippen LogP contribution in [0, 0.1) is 0 Å². The van der Waals surface area contributed by atoms with Crippen molar-refractivity contribution in [1.29, 1.82) is 0 Å². The number of fused-ring (bicyclic) bond motifs is 6. The van der Waals surface area contributed by atoms with Crippen molar-refractivity contribution >= 4 is 55.7 Å². The molecule has 6 aromatic carbocycles. The second-order valence-electron chi connectivity index (χ2n) is 10.7. The highest BCUT2D eigenvalue weighted by Crippen LogP contribution is 2.54. The van der Waals surface area contributed by atoms with Gasteiger partial charge in [0.2, 0.25) is 5.90 Å². The van der Waals surface area contributed by atoms with Gasteiger partial charge in [-0.25, -0.2) is 4.99 Å². The summed E-state index contributed by atoms with van der Waals surface area (Å²) in [5, 5.41) is 4.63. The van der Waals surface area contributed by atoms with Crippen molar-refractivity contribution in [3.63, 3.8) is 0 Å². The lowest BCUT2D eigenvalue weighted by Crippen LogP contribution is -2.11. The third kappa shape index (κ3) is 3.25. The molecular weight excluding hydrogens is 504 g/mol. The van der Waals surface area contributed by atoms with E-state index in [1.54, 1.807) is 0 Å². The van der Waals surface area contributed by atoms with E-state index >= 15 is 0 Å². The zero-order chi connectivity index (χ0) is 26.9. The van der Waals surface area contributed by atoms with Crippen LogP contribution in [-0.2, 0) is 4.74 Å². The molecule has 0 saturated carbocycles. The minimum absolute atomic E-state index is 0.0527. The van der Waals surface area contributed by atoms with Crippen molar-refractivity contribution in [3.05, 3.63) is 150 Å². The zero-order valence-corrected chi connectivity index (χ0v) is 22.1. The molecule has 1 aliphatic carbocycles. The number of aliphatic imine (C=N–C) groups is 1. The van der Waals surface area contributed by atoms with Crippen LogP contribution >= 0.6 is 0 Å². The van der Waals surface area contributed by atoms with Crippen molar-refractivity contribution < 1.29 is 9.15 Å². The van der Waals surface area contributed by atoms with Gasteiger partial charge in [-0.2, -0.15) is 0 Å². The maximum absolute atomic E-state index is 6.53. The van der Waals surface area contributed by atoms with Crippen molar-refractivity contribution in [2.24, 2.45) is 4.99 Å². The molecule has 4 nitrogen and oxygen atoms in total. The molecule has 7 aromatic rings. The third-order valence-electron chi connectivity index (χ3n) is 8.39. The molecule has 0 N–H and O–H groups in total. The van der Waals surface area contributed by atoms with Gasteiger partial charge < -0.3 is 14.1 Å². The van der Waals surface area contributed by atoms with Crippen LogP contribution in [0.25, 0.3) is 32.7 Å². The van der Waals surface area contributed by atoms with Gasteiger partial charge in [0.15, 0.2) is 11.7 Å². The number of nitrogens with zero attached hydrogens (tertiary/aromatic N) is 2. The molecule has 2 heterocycles. The normalized spacial score (nSPS) is 17.1. The number of hydrogen-bond donors (Lipinski definition) is 0. The van der Waals surface area contributed by atoms with E-state index in [0.29, 0.717) is 0 Å². The summed E-state index contributed by atoms with van der Waals surface area (Å²) in [4.78, 5) is 7.40. The molecule has 2 unspecified atom stereocenters. The predicted octanol–water partition coefficient (Wildman–Crippen LogP) is 9.78. The fourth-order valence-electron chi connectivity index (χ4n) is 6.62. The Morgan fingerprint density at radius 2 is 1.29 bits per heavy atom. The van der Waals surface area contributed by atoms with Gasteiger partial charge in [0.25, 0.3) is 0 Å². The lowest BCUT2D eigenvalue weighted by Gasteiger charge is -2.27. The Morgan fingerprint density at radius 1 is 0.561 bits per heavy atom. The summed E-state index contributed by atoms with van der Waals surface area (Å²) in [5.74, 6) is 0.717. The highest BCUT2D eigenvalue weighted by atomic mass is 16.5. The Hall–Kier alpha value is -5.35. The second kappa shape index (κ2) is 8.57. The first kappa shape index (κ1) is 22.5. The molecule has 41 heavy (non-hydrogen) atoms. The maximum atomic E-state index is 6.53. The number of rotatable bonds is 4. The molecule has 1 aliphatic heterocycles. The van der Waals surface area contributed by atoms with E-state index < -0.39 is 0 Å². The minimum atomic E-state index is -0.122. The third-order valence-corrected chi connectivity index (χ3v) is 8.39. The monoisotopic (exact) mass is 528 g/mol.